The molecule has 0 amide bonds. The van der Waals surface area contributed by atoms with Crippen LogP contribution in [0.4, 0.5) is 5.82 Å². The molecule has 98 valence electrons. The van der Waals surface area contributed by atoms with Crippen LogP contribution in [-0.2, 0) is 10.0 Å². The minimum Gasteiger partial charge on any atom is -0.280 e. The van der Waals surface area contributed by atoms with Gasteiger partial charge in [0.05, 0.1) is 0 Å². The lowest BCUT2D eigenvalue weighted by Gasteiger charge is -2.05. The Bertz CT molecular complexity index is 683. The third-order valence-corrected chi connectivity index (χ3v) is 5.33. The fraction of sp³-hybridized carbons (Fsp3) is 0.364. The van der Waals surface area contributed by atoms with Crippen LogP contribution in [0, 0.1) is 27.7 Å². The SMILES string of the molecule is Cc1cc(S(=O)(=O)Nc2n[nH]c(C)c2C)c(C)s1. The number of aromatic nitrogens is 2. The first kappa shape index (κ1) is 13.1. The van der Waals surface area contributed by atoms with E-state index < -0.39 is 10.0 Å². The second kappa shape index (κ2) is 4.40. The summed E-state index contributed by atoms with van der Waals surface area (Å²) in [5.74, 6) is 0.357. The average Bonchev–Trinajstić information content (AvgIpc) is 2.75. The summed E-state index contributed by atoms with van der Waals surface area (Å²) >= 11 is 1.47. The lowest BCUT2D eigenvalue weighted by Crippen LogP contribution is -2.14. The molecule has 2 heterocycles. The summed E-state index contributed by atoms with van der Waals surface area (Å²) in [6.07, 6.45) is 0. The highest BCUT2D eigenvalue weighted by Crippen LogP contribution is 2.27. The number of H-pyrrole nitrogens is 1. The van der Waals surface area contributed by atoms with Gasteiger partial charge in [-0.3, -0.25) is 9.82 Å². The maximum absolute atomic E-state index is 12.2. The van der Waals surface area contributed by atoms with Crippen molar-refractivity contribution >= 4 is 27.2 Å². The first-order chi connectivity index (χ1) is 8.31. The summed E-state index contributed by atoms with van der Waals surface area (Å²) in [4.78, 5) is 2.08. The van der Waals surface area contributed by atoms with Gasteiger partial charge in [-0.1, -0.05) is 0 Å². The molecule has 0 bridgehead atoms. The summed E-state index contributed by atoms with van der Waals surface area (Å²) in [7, 11) is -3.55. The zero-order valence-electron chi connectivity index (χ0n) is 10.7. The molecule has 0 fully saturated rings. The van der Waals surface area contributed by atoms with E-state index in [9.17, 15) is 8.42 Å². The van der Waals surface area contributed by atoms with Crippen molar-refractivity contribution in [3.8, 4) is 0 Å². The summed E-state index contributed by atoms with van der Waals surface area (Å²) in [6.45, 7) is 7.36. The second-order valence-corrected chi connectivity index (χ2v) is 7.32. The topological polar surface area (TPSA) is 74.8 Å². The lowest BCUT2D eigenvalue weighted by atomic mass is 10.3. The van der Waals surface area contributed by atoms with Gasteiger partial charge in [-0.15, -0.1) is 11.3 Å². The molecule has 0 aliphatic carbocycles. The molecule has 0 aliphatic heterocycles. The largest absolute Gasteiger partial charge is 0.280 e. The number of sulfonamides is 1. The zero-order chi connectivity index (χ0) is 13.5. The molecule has 0 spiro atoms. The van der Waals surface area contributed by atoms with Crippen molar-refractivity contribution in [3.63, 3.8) is 0 Å². The molecule has 2 aromatic heterocycles. The van der Waals surface area contributed by atoms with Crippen LogP contribution in [0.25, 0.3) is 0 Å². The Balaban J connectivity index is 2.39. The van der Waals surface area contributed by atoms with Crippen molar-refractivity contribution in [2.45, 2.75) is 32.6 Å². The Morgan fingerprint density at radius 1 is 1.28 bits per heavy atom. The molecule has 0 saturated carbocycles. The Morgan fingerprint density at radius 2 is 1.94 bits per heavy atom. The first-order valence-electron chi connectivity index (χ1n) is 5.42. The quantitative estimate of drug-likeness (QED) is 0.910. The van der Waals surface area contributed by atoms with Gasteiger partial charge in [0.25, 0.3) is 10.0 Å². The second-order valence-electron chi connectivity index (χ2n) is 4.21. The number of anilines is 1. The van der Waals surface area contributed by atoms with Gasteiger partial charge in [0, 0.05) is 21.0 Å². The molecular formula is C11H15N3O2S2. The molecule has 0 atom stereocenters. The van der Waals surface area contributed by atoms with Gasteiger partial charge in [0.2, 0.25) is 0 Å². The molecular weight excluding hydrogens is 270 g/mol. The number of thiophene rings is 1. The number of aromatic amines is 1. The van der Waals surface area contributed by atoms with Crippen molar-refractivity contribution in [2.24, 2.45) is 0 Å². The summed E-state index contributed by atoms with van der Waals surface area (Å²) < 4.78 is 27.0. The molecule has 0 unspecified atom stereocenters. The number of rotatable bonds is 3. The highest BCUT2D eigenvalue weighted by atomic mass is 32.2. The molecule has 0 aliphatic rings. The van der Waals surface area contributed by atoms with Crippen LogP contribution in [0.3, 0.4) is 0 Å². The molecule has 0 radical (unpaired) electrons. The maximum atomic E-state index is 12.2. The fourth-order valence-corrected chi connectivity index (χ4v) is 4.26. The van der Waals surface area contributed by atoms with Gasteiger partial charge in [0.15, 0.2) is 5.82 Å². The predicted molar refractivity (Wildman–Crippen MR) is 72.7 cm³/mol. The van der Waals surface area contributed by atoms with Gasteiger partial charge >= 0.3 is 0 Å². The molecule has 0 saturated heterocycles. The Labute approximate surface area is 110 Å². The van der Waals surface area contributed by atoms with E-state index in [2.05, 4.69) is 14.9 Å². The van der Waals surface area contributed by atoms with Crippen LogP contribution in [0.1, 0.15) is 21.0 Å². The van der Waals surface area contributed by atoms with Crippen LogP contribution >= 0.6 is 11.3 Å². The lowest BCUT2D eigenvalue weighted by molar-refractivity contribution is 0.601. The van der Waals surface area contributed by atoms with E-state index in [1.54, 1.807) is 13.0 Å². The third-order valence-electron chi connectivity index (χ3n) is 2.77. The molecule has 5 nitrogen and oxygen atoms in total. The zero-order valence-corrected chi connectivity index (χ0v) is 12.3. The molecule has 2 rings (SSSR count). The van der Waals surface area contributed by atoms with E-state index in [1.165, 1.54) is 11.3 Å². The van der Waals surface area contributed by atoms with E-state index in [-0.39, 0.29) is 0 Å². The first-order valence-corrected chi connectivity index (χ1v) is 7.72. The predicted octanol–water partition coefficient (Wildman–Crippen LogP) is 2.51. The number of nitrogens with zero attached hydrogens (tertiary/aromatic N) is 1. The summed E-state index contributed by atoms with van der Waals surface area (Å²) in [6, 6.07) is 1.68. The van der Waals surface area contributed by atoms with Crippen molar-refractivity contribution in [2.75, 3.05) is 4.72 Å². The van der Waals surface area contributed by atoms with Crippen LogP contribution in [-0.4, -0.2) is 18.6 Å². The van der Waals surface area contributed by atoms with Crippen LogP contribution in [0.5, 0.6) is 0 Å². The Morgan fingerprint density at radius 3 is 2.39 bits per heavy atom. The Kier molecular flexibility index (Phi) is 3.20. The summed E-state index contributed by atoms with van der Waals surface area (Å²) in [5.41, 5.74) is 1.66. The Hall–Kier alpha value is -1.34. The third kappa shape index (κ3) is 2.28. The number of hydrogen-bond donors (Lipinski definition) is 2. The van der Waals surface area contributed by atoms with Crippen LogP contribution in [0.2, 0.25) is 0 Å². The van der Waals surface area contributed by atoms with E-state index >= 15 is 0 Å². The van der Waals surface area contributed by atoms with Gasteiger partial charge in [-0.2, -0.15) is 5.10 Å². The van der Waals surface area contributed by atoms with Gasteiger partial charge in [-0.05, 0) is 33.8 Å². The van der Waals surface area contributed by atoms with Crippen LogP contribution in [0.15, 0.2) is 11.0 Å². The summed E-state index contributed by atoms with van der Waals surface area (Å²) in [5, 5.41) is 6.71. The highest BCUT2D eigenvalue weighted by Gasteiger charge is 2.21. The molecule has 2 N–H and O–H groups in total. The fourth-order valence-electron chi connectivity index (χ4n) is 1.64. The number of aryl methyl sites for hydroxylation is 3. The van der Waals surface area contributed by atoms with Crippen molar-refractivity contribution in [3.05, 3.63) is 27.1 Å². The van der Waals surface area contributed by atoms with Crippen molar-refractivity contribution in [1.29, 1.82) is 0 Å². The smallest absolute Gasteiger partial charge is 0.264 e. The minimum atomic E-state index is -3.55. The van der Waals surface area contributed by atoms with Crippen molar-refractivity contribution in [1.82, 2.24) is 10.2 Å². The van der Waals surface area contributed by atoms with Crippen molar-refractivity contribution < 1.29 is 8.42 Å². The number of hydrogen-bond acceptors (Lipinski definition) is 4. The minimum absolute atomic E-state index is 0.324. The van der Waals surface area contributed by atoms with E-state index in [1.807, 2.05) is 20.8 Å². The maximum Gasteiger partial charge on any atom is 0.264 e. The normalized spacial score (nSPS) is 11.8. The van der Waals surface area contributed by atoms with E-state index in [0.29, 0.717) is 10.7 Å². The number of nitrogens with one attached hydrogen (secondary N) is 2. The molecule has 0 aromatic carbocycles. The van der Waals surface area contributed by atoms with Gasteiger partial charge in [-0.25, -0.2) is 8.42 Å². The molecule has 7 heteroatoms. The monoisotopic (exact) mass is 285 g/mol. The molecule has 18 heavy (non-hydrogen) atoms. The van der Waals surface area contributed by atoms with E-state index in [4.69, 9.17) is 0 Å². The van der Waals surface area contributed by atoms with Crippen LogP contribution < -0.4 is 4.72 Å². The van der Waals surface area contributed by atoms with Gasteiger partial charge in [0.1, 0.15) is 4.90 Å². The van der Waals surface area contributed by atoms with E-state index in [0.717, 1.165) is 21.0 Å². The molecule has 2 aromatic rings. The average molecular weight is 285 g/mol. The van der Waals surface area contributed by atoms with Gasteiger partial charge < -0.3 is 0 Å². The highest BCUT2D eigenvalue weighted by molar-refractivity contribution is 7.93. The standard InChI is InChI=1S/C11H15N3O2S2/c1-6-5-10(9(4)17-6)18(15,16)14-11-7(2)8(3)12-13-11/h5H,1-4H3,(H2,12,13,14).